The molecule has 1 rings (SSSR count). The van der Waals surface area contributed by atoms with E-state index in [-0.39, 0.29) is 0 Å². The van der Waals surface area contributed by atoms with Crippen LogP contribution in [-0.2, 0) is 5.60 Å². The Morgan fingerprint density at radius 3 is 2.46 bits per heavy atom. The van der Waals surface area contributed by atoms with E-state index in [4.69, 9.17) is 0 Å². The molecule has 0 saturated heterocycles. The van der Waals surface area contributed by atoms with E-state index in [0.717, 1.165) is 12.1 Å². The van der Waals surface area contributed by atoms with Crippen LogP contribution in [0.3, 0.4) is 0 Å². The molecule has 13 heavy (non-hydrogen) atoms. The molecule has 0 radical (unpaired) electrons. The molecule has 0 fully saturated rings. The summed E-state index contributed by atoms with van der Waals surface area (Å²) in [6.45, 7) is 5.32. The van der Waals surface area contributed by atoms with Crippen LogP contribution in [0.4, 0.5) is 0 Å². The van der Waals surface area contributed by atoms with Crippen LogP contribution in [-0.4, -0.2) is 18.2 Å². The van der Waals surface area contributed by atoms with Crippen molar-refractivity contribution in [3.8, 4) is 0 Å². The van der Waals surface area contributed by atoms with Crippen molar-refractivity contribution in [3.05, 3.63) is 35.9 Å². The summed E-state index contributed by atoms with van der Waals surface area (Å²) in [5.74, 6) is 0. The zero-order valence-electron chi connectivity index (χ0n) is 8.25. The Bertz CT molecular complexity index is 244. The van der Waals surface area contributed by atoms with Gasteiger partial charge in [0.1, 0.15) is 0 Å². The molecule has 0 saturated carbocycles. The van der Waals surface area contributed by atoms with Gasteiger partial charge >= 0.3 is 0 Å². The van der Waals surface area contributed by atoms with Gasteiger partial charge in [0, 0.05) is 6.54 Å². The Hall–Kier alpha value is -0.860. The summed E-state index contributed by atoms with van der Waals surface area (Å²) in [6.07, 6.45) is 0. The topological polar surface area (TPSA) is 32.3 Å². The van der Waals surface area contributed by atoms with Crippen LogP contribution in [0.2, 0.25) is 0 Å². The average molecular weight is 179 g/mol. The maximum atomic E-state index is 10.1. The lowest BCUT2D eigenvalue weighted by Gasteiger charge is -2.23. The molecular formula is C11H17NO. The average Bonchev–Trinajstić information content (AvgIpc) is 2.16. The van der Waals surface area contributed by atoms with Crippen molar-refractivity contribution in [1.29, 1.82) is 0 Å². The van der Waals surface area contributed by atoms with Crippen molar-refractivity contribution in [2.45, 2.75) is 19.4 Å². The predicted octanol–water partition coefficient (Wildman–Crippen LogP) is 1.50. The fourth-order valence-corrected chi connectivity index (χ4v) is 1.27. The quantitative estimate of drug-likeness (QED) is 0.734. The summed E-state index contributed by atoms with van der Waals surface area (Å²) < 4.78 is 0. The first-order chi connectivity index (χ1) is 6.17. The number of rotatable bonds is 4. The smallest absolute Gasteiger partial charge is 0.0992 e. The van der Waals surface area contributed by atoms with Crippen molar-refractivity contribution in [2.24, 2.45) is 0 Å². The highest BCUT2D eigenvalue weighted by atomic mass is 16.3. The minimum atomic E-state index is -0.767. The third kappa shape index (κ3) is 2.83. The van der Waals surface area contributed by atoms with Crippen LogP contribution in [0.25, 0.3) is 0 Å². The molecule has 0 spiro atoms. The first kappa shape index (κ1) is 10.2. The summed E-state index contributed by atoms with van der Waals surface area (Å²) in [7, 11) is 0. The molecule has 1 atom stereocenters. The van der Waals surface area contributed by atoms with Gasteiger partial charge in [0.25, 0.3) is 0 Å². The monoisotopic (exact) mass is 179 g/mol. The summed E-state index contributed by atoms with van der Waals surface area (Å²) in [4.78, 5) is 0. The molecule has 0 aliphatic rings. The largest absolute Gasteiger partial charge is 0.384 e. The normalized spacial score (nSPS) is 15.3. The third-order valence-corrected chi connectivity index (χ3v) is 2.11. The lowest BCUT2D eigenvalue weighted by atomic mass is 9.96. The number of hydrogen-bond donors (Lipinski definition) is 2. The molecule has 1 aromatic carbocycles. The van der Waals surface area contributed by atoms with Crippen molar-refractivity contribution in [3.63, 3.8) is 0 Å². The Balaban J connectivity index is 2.69. The van der Waals surface area contributed by atoms with Gasteiger partial charge in [0.05, 0.1) is 5.60 Å². The SMILES string of the molecule is CCNCC(C)(O)c1ccccc1. The third-order valence-electron chi connectivity index (χ3n) is 2.11. The van der Waals surface area contributed by atoms with Gasteiger partial charge < -0.3 is 10.4 Å². The lowest BCUT2D eigenvalue weighted by molar-refractivity contribution is 0.0576. The fourth-order valence-electron chi connectivity index (χ4n) is 1.27. The lowest BCUT2D eigenvalue weighted by Crippen LogP contribution is -2.35. The molecule has 2 N–H and O–H groups in total. The van der Waals surface area contributed by atoms with Crippen molar-refractivity contribution < 1.29 is 5.11 Å². The van der Waals surface area contributed by atoms with Crippen molar-refractivity contribution in [2.75, 3.05) is 13.1 Å². The Labute approximate surface area is 79.6 Å². The van der Waals surface area contributed by atoms with E-state index in [1.165, 1.54) is 0 Å². The molecule has 0 bridgehead atoms. The molecule has 0 heterocycles. The number of aliphatic hydroxyl groups is 1. The Morgan fingerprint density at radius 1 is 1.31 bits per heavy atom. The van der Waals surface area contributed by atoms with Crippen LogP contribution < -0.4 is 5.32 Å². The van der Waals surface area contributed by atoms with Gasteiger partial charge in [0.2, 0.25) is 0 Å². The number of nitrogens with one attached hydrogen (secondary N) is 1. The van der Waals surface area contributed by atoms with Crippen LogP contribution in [0.1, 0.15) is 19.4 Å². The molecule has 0 aliphatic carbocycles. The second-order valence-electron chi connectivity index (χ2n) is 3.42. The van der Waals surface area contributed by atoms with Gasteiger partial charge in [-0.1, -0.05) is 37.3 Å². The minimum absolute atomic E-state index is 0.591. The van der Waals surface area contributed by atoms with Crippen molar-refractivity contribution >= 4 is 0 Å². The van der Waals surface area contributed by atoms with Gasteiger partial charge in [-0.25, -0.2) is 0 Å². The summed E-state index contributed by atoms with van der Waals surface area (Å²) in [5, 5.41) is 13.2. The van der Waals surface area contributed by atoms with Gasteiger partial charge in [0.15, 0.2) is 0 Å². The zero-order valence-corrected chi connectivity index (χ0v) is 8.25. The molecule has 2 heteroatoms. The molecule has 2 nitrogen and oxygen atoms in total. The second kappa shape index (κ2) is 4.40. The maximum absolute atomic E-state index is 10.1. The van der Waals surface area contributed by atoms with Crippen LogP contribution in [0, 0.1) is 0 Å². The van der Waals surface area contributed by atoms with E-state index in [9.17, 15) is 5.11 Å². The van der Waals surface area contributed by atoms with Gasteiger partial charge in [-0.3, -0.25) is 0 Å². The molecule has 0 aliphatic heterocycles. The summed E-state index contributed by atoms with van der Waals surface area (Å²) in [6, 6.07) is 9.72. The molecule has 0 amide bonds. The molecule has 72 valence electrons. The molecule has 1 aromatic rings. The number of hydrogen-bond acceptors (Lipinski definition) is 2. The first-order valence-electron chi connectivity index (χ1n) is 4.65. The summed E-state index contributed by atoms with van der Waals surface area (Å²) in [5.41, 5.74) is 0.188. The van der Waals surface area contributed by atoms with Gasteiger partial charge in [-0.05, 0) is 19.0 Å². The van der Waals surface area contributed by atoms with E-state index in [1.807, 2.05) is 44.2 Å². The van der Waals surface area contributed by atoms with Gasteiger partial charge in [-0.15, -0.1) is 0 Å². The van der Waals surface area contributed by atoms with E-state index in [1.54, 1.807) is 0 Å². The van der Waals surface area contributed by atoms with Crippen LogP contribution in [0.5, 0.6) is 0 Å². The van der Waals surface area contributed by atoms with Crippen molar-refractivity contribution in [1.82, 2.24) is 5.32 Å². The van der Waals surface area contributed by atoms with Gasteiger partial charge in [-0.2, -0.15) is 0 Å². The maximum Gasteiger partial charge on any atom is 0.0992 e. The highest BCUT2D eigenvalue weighted by molar-refractivity contribution is 5.21. The molecular weight excluding hydrogens is 162 g/mol. The highest BCUT2D eigenvalue weighted by Crippen LogP contribution is 2.18. The first-order valence-corrected chi connectivity index (χ1v) is 4.65. The Kier molecular flexibility index (Phi) is 3.46. The second-order valence-corrected chi connectivity index (χ2v) is 3.42. The number of benzene rings is 1. The molecule has 0 aromatic heterocycles. The fraction of sp³-hybridized carbons (Fsp3) is 0.455. The zero-order chi connectivity index (χ0) is 9.73. The predicted molar refractivity (Wildman–Crippen MR) is 54.6 cm³/mol. The van der Waals surface area contributed by atoms with Crippen LogP contribution in [0.15, 0.2) is 30.3 Å². The van der Waals surface area contributed by atoms with E-state index in [0.29, 0.717) is 6.54 Å². The Morgan fingerprint density at radius 2 is 1.92 bits per heavy atom. The van der Waals surface area contributed by atoms with E-state index in [2.05, 4.69) is 5.32 Å². The van der Waals surface area contributed by atoms with E-state index >= 15 is 0 Å². The molecule has 1 unspecified atom stereocenters. The highest BCUT2D eigenvalue weighted by Gasteiger charge is 2.21. The summed E-state index contributed by atoms with van der Waals surface area (Å²) >= 11 is 0. The number of likely N-dealkylation sites (N-methyl/N-ethyl adjacent to an activating group) is 1. The standard InChI is InChI=1S/C11H17NO/c1-3-12-9-11(2,13)10-7-5-4-6-8-10/h4-8,12-13H,3,9H2,1-2H3. The van der Waals surface area contributed by atoms with E-state index < -0.39 is 5.60 Å². The van der Waals surface area contributed by atoms with Crippen LogP contribution >= 0.6 is 0 Å². The minimum Gasteiger partial charge on any atom is -0.384 e.